The standard InChI is InChI=1S/C11H11ClN4O/c1-16-5-7(4-13-16)11-14-9-2-3-17-6-8(9)10(12)15-11/h4-5H,2-3,6H2,1H3. The molecule has 0 N–H and O–H groups in total. The first-order chi connectivity index (χ1) is 8.24. The molecule has 5 nitrogen and oxygen atoms in total. The van der Waals surface area contributed by atoms with E-state index in [0.29, 0.717) is 24.2 Å². The monoisotopic (exact) mass is 250 g/mol. The van der Waals surface area contributed by atoms with Gasteiger partial charge in [-0.25, -0.2) is 9.97 Å². The second kappa shape index (κ2) is 4.09. The zero-order chi connectivity index (χ0) is 11.8. The van der Waals surface area contributed by atoms with Crippen LogP contribution in [0.1, 0.15) is 11.3 Å². The Morgan fingerprint density at radius 3 is 3.06 bits per heavy atom. The van der Waals surface area contributed by atoms with Gasteiger partial charge in [0.25, 0.3) is 0 Å². The average molecular weight is 251 g/mol. The molecule has 3 heterocycles. The first kappa shape index (κ1) is 10.7. The maximum absolute atomic E-state index is 6.15. The molecule has 0 radical (unpaired) electrons. The predicted octanol–water partition coefficient (Wildman–Crippen LogP) is 1.60. The Morgan fingerprint density at radius 1 is 1.41 bits per heavy atom. The number of aryl methyl sites for hydroxylation is 1. The molecule has 0 unspecified atom stereocenters. The minimum atomic E-state index is 0.480. The van der Waals surface area contributed by atoms with Crippen LogP contribution in [0.3, 0.4) is 0 Å². The van der Waals surface area contributed by atoms with Gasteiger partial charge in [-0.3, -0.25) is 4.68 Å². The maximum atomic E-state index is 6.15. The summed E-state index contributed by atoms with van der Waals surface area (Å²) in [6.07, 6.45) is 4.39. The third-order valence-electron chi connectivity index (χ3n) is 2.73. The lowest BCUT2D eigenvalue weighted by Crippen LogP contribution is -2.14. The number of aromatic nitrogens is 4. The summed E-state index contributed by atoms with van der Waals surface area (Å²) >= 11 is 6.15. The number of rotatable bonds is 1. The molecule has 0 atom stereocenters. The van der Waals surface area contributed by atoms with Gasteiger partial charge in [-0.2, -0.15) is 5.10 Å². The van der Waals surface area contributed by atoms with Crippen LogP contribution in [-0.4, -0.2) is 26.4 Å². The second-order valence-electron chi connectivity index (χ2n) is 3.97. The summed E-state index contributed by atoms with van der Waals surface area (Å²) in [6, 6.07) is 0. The van der Waals surface area contributed by atoms with E-state index in [1.807, 2.05) is 13.2 Å². The smallest absolute Gasteiger partial charge is 0.164 e. The Morgan fingerprint density at radius 2 is 2.29 bits per heavy atom. The minimum absolute atomic E-state index is 0.480. The van der Waals surface area contributed by atoms with E-state index in [4.69, 9.17) is 16.3 Å². The van der Waals surface area contributed by atoms with E-state index in [9.17, 15) is 0 Å². The van der Waals surface area contributed by atoms with Gasteiger partial charge in [0.1, 0.15) is 5.15 Å². The molecule has 0 spiro atoms. The van der Waals surface area contributed by atoms with E-state index < -0.39 is 0 Å². The van der Waals surface area contributed by atoms with Crippen molar-refractivity contribution in [2.24, 2.45) is 7.05 Å². The molecule has 6 heteroatoms. The average Bonchev–Trinajstić information content (AvgIpc) is 2.76. The fraction of sp³-hybridized carbons (Fsp3) is 0.364. The van der Waals surface area contributed by atoms with Crippen molar-refractivity contribution < 1.29 is 4.74 Å². The van der Waals surface area contributed by atoms with Gasteiger partial charge in [0.2, 0.25) is 0 Å². The van der Waals surface area contributed by atoms with Gasteiger partial charge in [-0.05, 0) is 0 Å². The summed E-state index contributed by atoms with van der Waals surface area (Å²) in [5.74, 6) is 0.628. The van der Waals surface area contributed by atoms with Crippen LogP contribution in [0.15, 0.2) is 12.4 Å². The van der Waals surface area contributed by atoms with E-state index >= 15 is 0 Å². The number of ether oxygens (including phenoxy) is 1. The zero-order valence-electron chi connectivity index (χ0n) is 9.35. The van der Waals surface area contributed by atoms with Gasteiger partial charge in [-0.15, -0.1) is 0 Å². The summed E-state index contributed by atoms with van der Waals surface area (Å²) in [5.41, 5.74) is 2.77. The molecule has 1 aliphatic rings. The van der Waals surface area contributed by atoms with Gasteiger partial charge in [-0.1, -0.05) is 11.6 Å². The predicted molar refractivity (Wildman–Crippen MR) is 62.6 cm³/mol. The van der Waals surface area contributed by atoms with E-state index in [1.165, 1.54) is 0 Å². The molecule has 2 aromatic rings. The van der Waals surface area contributed by atoms with E-state index in [0.717, 1.165) is 23.2 Å². The molecule has 1 aliphatic heterocycles. The molecular weight excluding hydrogens is 240 g/mol. The summed E-state index contributed by atoms with van der Waals surface area (Å²) < 4.78 is 7.06. The van der Waals surface area contributed by atoms with Crippen molar-refractivity contribution in [1.82, 2.24) is 19.7 Å². The van der Waals surface area contributed by atoms with Crippen LogP contribution in [0.5, 0.6) is 0 Å². The van der Waals surface area contributed by atoms with E-state index in [2.05, 4.69) is 15.1 Å². The normalized spacial score (nSPS) is 14.7. The molecule has 0 saturated heterocycles. The largest absolute Gasteiger partial charge is 0.376 e. The van der Waals surface area contributed by atoms with Gasteiger partial charge >= 0.3 is 0 Å². The molecule has 0 fully saturated rings. The fourth-order valence-corrected chi connectivity index (χ4v) is 2.10. The highest BCUT2D eigenvalue weighted by Crippen LogP contribution is 2.25. The third-order valence-corrected chi connectivity index (χ3v) is 3.05. The molecule has 3 rings (SSSR count). The van der Waals surface area contributed by atoms with E-state index in [-0.39, 0.29) is 0 Å². The molecule has 2 aromatic heterocycles. The highest BCUT2D eigenvalue weighted by molar-refractivity contribution is 6.30. The fourth-order valence-electron chi connectivity index (χ4n) is 1.86. The molecule has 0 aromatic carbocycles. The molecule has 0 aliphatic carbocycles. The first-order valence-electron chi connectivity index (χ1n) is 5.36. The Labute approximate surface area is 103 Å². The minimum Gasteiger partial charge on any atom is -0.376 e. The molecule has 0 saturated carbocycles. The van der Waals surface area contributed by atoms with Crippen LogP contribution in [0.2, 0.25) is 5.15 Å². The van der Waals surface area contributed by atoms with Gasteiger partial charge in [0, 0.05) is 25.2 Å². The van der Waals surface area contributed by atoms with Crippen LogP contribution < -0.4 is 0 Å². The van der Waals surface area contributed by atoms with Crippen molar-refractivity contribution in [1.29, 1.82) is 0 Å². The topological polar surface area (TPSA) is 52.8 Å². The lowest BCUT2D eigenvalue weighted by atomic mass is 10.1. The van der Waals surface area contributed by atoms with Crippen LogP contribution in [-0.2, 0) is 24.8 Å². The summed E-state index contributed by atoms with van der Waals surface area (Å²) in [6.45, 7) is 1.19. The van der Waals surface area contributed by atoms with Gasteiger partial charge in [0.05, 0.1) is 30.7 Å². The number of hydrogen-bond acceptors (Lipinski definition) is 4. The van der Waals surface area contributed by atoms with Crippen molar-refractivity contribution in [3.05, 3.63) is 28.8 Å². The van der Waals surface area contributed by atoms with Crippen molar-refractivity contribution in [2.75, 3.05) is 6.61 Å². The molecule has 0 bridgehead atoms. The van der Waals surface area contributed by atoms with Crippen molar-refractivity contribution >= 4 is 11.6 Å². The van der Waals surface area contributed by atoms with Crippen LogP contribution >= 0.6 is 11.6 Å². The van der Waals surface area contributed by atoms with Crippen molar-refractivity contribution in [3.8, 4) is 11.4 Å². The number of nitrogens with zero attached hydrogens (tertiary/aromatic N) is 4. The van der Waals surface area contributed by atoms with Crippen LogP contribution in [0.4, 0.5) is 0 Å². The maximum Gasteiger partial charge on any atom is 0.164 e. The highest BCUT2D eigenvalue weighted by Gasteiger charge is 2.18. The van der Waals surface area contributed by atoms with Crippen molar-refractivity contribution in [3.63, 3.8) is 0 Å². The SMILES string of the molecule is Cn1cc(-c2nc(Cl)c3c(n2)CCOC3)cn1. The Balaban J connectivity index is 2.10. The Kier molecular flexibility index (Phi) is 2.57. The lowest BCUT2D eigenvalue weighted by Gasteiger charge is -2.16. The summed E-state index contributed by atoms with van der Waals surface area (Å²) in [7, 11) is 1.86. The molecule has 88 valence electrons. The third kappa shape index (κ3) is 1.92. The Bertz CT molecular complexity index is 567. The highest BCUT2D eigenvalue weighted by atomic mass is 35.5. The van der Waals surface area contributed by atoms with E-state index in [1.54, 1.807) is 10.9 Å². The Hall–Kier alpha value is -1.46. The first-order valence-corrected chi connectivity index (χ1v) is 5.74. The zero-order valence-corrected chi connectivity index (χ0v) is 10.1. The van der Waals surface area contributed by atoms with Crippen molar-refractivity contribution in [2.45, 2.75) is 13.0 Å². The number of fused-ring (bicyclic) bond motifs is 1. The molecule has 17 heavy (non-hydrogen) atoms. The quantitative estimate of drug-likeness (QED) is 0.722. The van der Waals surface area contributed by atoms with Crippen LogP contribution in [0, 0.1) is 0 Å². The lowest BCUT2D eigenvalue weighted by molar-refractivity contribution is 0.109. The molecular formula is C11H11ClN4O. The summed E-state index contributed by atoms with van der Waals surface area (Å²) in [4.78, 5) is 8.82. The van der Waals surface area contributed by atoms with Crippen LogP contribution in [0.25, 0.3) is 11.4 Å². The van der Waals surface area contributed by atoms with Gasteiger partial charge < -0.3 is 4.74 Å². The molecule has 0 amide bonds. The summed E-state index contributed by atoms with van der Waals surface area (Å²) in [5, 5.41) is 4.58. The van der Waals surface area contributed by atoms with Gasteiger partial charge in [0.15, 0.2) is 5.82 Å². The second-order valence-corrected chi connectivity index (χ2v) is 4.33. The number of hydrogen-bond donors (Lipinski definition) is 0. The number of halogens is 1.